The molecule has 11 aromatic rings. The minimum Gasteiger partial charge on any atom is -0.373 e. The zero-order valence-corrected chi connectivity index (χ0v) is 50.7. The number of hydrogen-bond donors (Lipinski definition) is 1. The second-order valence-corrected chi connectivity index (χ2v) is 24.0. The molecule has 5 aromatic carbocycles. The number of imidazole rings is 5. The molecule has 5 atom stereocenters. The summed E-state index contributed by atoms with van der Waals surface area (Å²) in [7, 11) is -3.15. The first-order valence-electron chi connectivity index (χ1n) is 29.1. The number of benzene rings is 5. The fourth-order valence-corrected chi connectivity index (χ4v) is 11.9. The van der Waals surface area contributed by atoms with E-state index in [1.807, 2.05) is 56.6 Å². The predicted molar refractivity (Wildman–Crippen MR) is 325 cm³/mol. The zero-order valence-electron chi connectivity index (χ0n) is 49.9. The number of H-pyrrole nitrogens is 1. The van der Waals surface area contributed by atoms with Gasteiger partial charge in [-0.2, -0.15) is 15.7 Å². The molecule has 16 rings (SSSR count). The molecule has 26 nitrogen and oxygen atoms in total. The van der Waals surface area contributed by atoms with E-state index in [4.69, 9.17) is 34.2 Å². The normalized spacial score (nSPS) is 18.3. The minimum atomic E-state index is -3.15. The average Bonchev–Trinajstić information content (AvgIpc) is 1.51. The van der Waals surface area contributed by atoms with Crippen LogP contribution in [-0.2, 0) is 66.6 Å². The number of hydrogen-bond acceptors (Lipinski definition) is 19. The van der Waals surface area contributed by atoms with Gasteiger partial charge in [0.05, 0.1) is 203 Å². The van der Waals surface area contributed by atoms with Gasteiger partial charge >= 0.3 is 0 Å². The van der Waals surface area contributed by atoms with Crippen molar-refractivity contribution >= 4 is 15.5 Å². The van der Waals surface area contributed by atoms with Crippen LogP contribution in [-0.4, -0.2) is 121 Å². The van der Waals surface area contributed by atoms with Gasteiger partial charge in [-0.3, -0.25) is 10.1 Å². The van der Waals surface area contributed by atoms with Gasteiger partial charge in [-0.25, -0.2) is 46.5 Å². The summed E-state index contributed by atoms with van der Waals surface area (Å²) in [4.78, 5) is 31.0. The number of tetrazole rings is 1. The molecule has 0 aliphatic carbocycles. The van der Waals surface area contributed by atoms with Gasteiger partial charge in [-0.05, 0) is 69.4 Å². The van der Waals surface area contributed by atoms with Crippen LogP contribution >= 0.6 is 0 Å². The number of sulfone groups is 1. The van der Waals surface area contributed by atoms with Crippen molar-refractivity contribution in [1.29, 1.82) is 10.5 Å². The smallest absolute Gasteiger partial charge is 0.269 e. The van der Waals surface area contributed by atoms with Gasteiger partial charge in [-0.1, -0.05) is 54.6 Å². The van der Waals surface area contributed by atoms with E-state index < -0.39 is 37.8 Å². The number of aromatic nitrogens is 14. The van der Waals surface area contributed by atoms with Crippen LogP contribution in [0.2, 0.25) is 0 Å². The van der Waals surface area contributed by atoms with Crippen LogP contribution in [0, 0.1) is 50.2 Å². The Labute approximate surface area is 534 Å². The highest BCUT2D eigenvalue weighted by atomic mass is 32.2. The monoisotopic (exact) mass is 1300 g/mol. The molecule has 0 fully saturated rings. The summed E-state index contributed by atoms with van der Waals surface area (Å²) in [6.07, 6.45) is 18.8. The summed E-state index contributed by atoms with van der Waals surface area (Å²) in [5.41, 5.74) is 9.88. The second-order valence-electron chi connectivity index (χ2n) is 22.0. The third kappa shape index (κ3) is 14.0. The Balaban J connectivity index is 0.000000113. The zero-order chi connectivity index (χ0) is 65.3. The Bertz CT molecular complexity index is 4620. The largest absolute Gasteiger partial charge is 0.373 e. The van der Waals surface area contributed by atoms with E-state index >= 15 is 0 Å². The highest BCUT2D eigenvalue weighted by Crippen LogP contribution is 2.32. The highest BCUT2D eigenvalue weighted by Gasteiger charge is 2.28. The van der Waals surface area contributed by atoms with Gasteiger partial charge in [0.15, 0.2) is 9.84 Å². The van der Waals surface area contributed by atoms with E-state index in [1.165, 1.54) is 54.3 Å². The van der Waals surface area contributed by atoms with E-state index in [2.05, 4.69) is 66.8 Å². The molecule has 6 aromatic heterocycles. The van der Waals surface area contributed by atoms with E-state index in [1.54, 1.807) is 80.4 Å². The number of ether oxygens (including phenoxy) is 5. The maximum absolute atomic E-state index is 13.6. The van der Waals surface area contributed by atoms with E-state index in [0.29, 0.717) is 82.4 Å². The molecule has 0 spiro atoms. The van der Waals surface area contributed by atoms with Gasteiger partial charge in [0.2, 0.25) is 5.82 Å². The molecular formula is C64H56F3N17O9S. The van der Waals surface area contributed by atoms with Gasteiger partial charge in [0, 0.05) is 24.0 Å². The summed E-state index contributed by atoms with van der Waals surface area (Å²) in [5, 5.41) is 41.9. The van der Waals surface area contributed by atoms with Crippen molar-refractivity contribution in [3.8, 4) is 23.5 Å². The molecule has 1 N–H and O–H groups in total. The Morgan fingerprint density at radius 1 is 0.511 bits per heavy atom. The maximum Gasteiger partial charge on any atom is 0.269 e. The molecule has 0 radical (unpaired) electrons. The quantitative estimate of drug-likeness (QED) is 0.110. The number of fused-ring (bicyclic) bond motifs is 5. The van der Waals surface area contributed by atoms with Crippen LogP contribution in [0.15, 0.2) is 171 Å². The second kappa shape index (κ2) is 28.3. The van der Waals surface area contributed by atoms with Crippen LogP contribution in [0.3, 0.4) is 0 Å². The fraction of sp³-hybridized carbons (Fsp3) is 0.250. The van der Waals surface area contributed by atoms with Crippen molar-refractivity contribution in [3.05, 3.63) is 261 Å². The predicted octanol–water partition coefficient (Wildman–Crippen LogP) is 8.67. The van der Waals surface area contributed by atoms with Crippen molar-refractivity contribution in [2.24, 2.45) is 0 Å². The number of halogens is 3. The molecule has 5 unspecified atom stereocenters. The van der Waals surface area contributed by atoms with Gasteiger partial charge in [0.1, 0.15) is 35.2 Å². The number of nitro benzene ring substituents is 1. The molecule has 0 saturated heterocycles. The molecule has 0 amide bonds. The molecule has 478 valence electrons. The minimum absolute atomic E-state index is 0.0389. The third-order valence-corrected chi connectivity index (χ3v) is 17.3. The lowest BCUT2D eigenvalue weighted by molar-refractivity contribution is -0.384. The molecule has 11 heterocycles. The molecule has 5 aliphatic rings. The summed E-state index contributed by atoms with van der Waals surface area (Å²) in [6.45, 7) is 5.28. The number of nitriles is 2. The van der Waals surface area contributed by atoms with Crippen LogP contribution in [0.25, 0.3) is 11.4 Å². The Morgan fingerprint density at radius 3 is 1.22 bits per heavy atom. The van der Waals surface area contributed by atoms with Crippen LogP contribution in [0.4, 0.5) is 18.9 Å². The SMILES string of the molecule is CS(=O)(=O)c1ccc(C2COCc3cncn32)cc1.N#Cc1c(F)cc(C2COCc3cncn32)cc1F.N#Cc1ccc(C2COCc3cncn32)cc1F.O=[N+]([O-])c1ccc(C2COCc3cncn32)cc1.c1cc(C2COCc3cncn32)ccc1-c1nn[nH]n1. The van der Waals surface area contributed by atoms with E-state index in [-0.39, 0.29) is 41.5 Å². The van der Waals surface area contributed by atoms with Crippen molar-refractivity contribution in [2.45, 2.75) is 68.1 Å². The lowest BCUT2D eigenvalue weighted by Crippen LogP contribution is -2.24. The van der Waals surface area contributed by atoms with Crippen LogP contribution in [0.5, 0.6) is 0 Å². The molecule has 30 heteroatoms. The standard InChI is InChI=1S/C13H9F2N3O.C13H10FN3O.C13H12N6O.C13H14N2O3S.C12H11N3O3/c14-11-1-8(2-12(15)10(11)3-16)13-6-19-5-9-4-17-7-18(9)13;14-12-3-9(1-2-10(12)4-15)13-7-18-6-11-5-16-8-17(11)13;1-3-10(13-15-17-18-16-13)4-2-9(1)12-7-20-6-11-5-14-8-19(11)12;1-19(16,17)12-4-2-10(3-5-12)13-8-18-7-11-6-14-9-15(11)13;16-15(17)10-3-1-9(2-4-10)12-7-18-6-11-5-13-8-14(11)12/h1-2,4,7,13H,5-6H2;1-3,5,8,13H,6-7H2;1-5,8,12H,6-7H2,(H,15,16,17,18);2-6,9,13H,7-8H2,1H3;1-5,8,12H,6-7H2. The number of non-ortho nitro benzene ring substituents is 1. The Morgan fingerprint density at radius 2 is 0.872 bits per heavy atom. The van der Waals surface area contributed by atoms with Gasteiger partial charge < -0.3 is 46.5 Å². The van der Waals surface area contributed by atoms with Crippen molar-refractivity contribution < 1.29 is 50.2 Å². The average molecular weight is 1300 g/mol. The summed E-state index contributed by atoms with van der Waals surface area (Å²) in [6, 6.07) is 31.8. The van der Waals surface area contributed by atoms with Crippen molar-refractivity contribution in [2.75, 3.05) is 39.3 Å². The lowest BCUT2D eigenvalue weighted by Gasteiger charge is -2.26. The number of rotatable bonds is 8. The molecule has 0 saturated carbocycles. The highest BCUT2D eigenvalue weighted by molar-refractivity contribution is 7.90. The van der Waals surface area contributed by atoms with Gasteiger partial charge in [-0.15, -0.1) is 10.2 Å². The summed E-state index contributed by atoms with van der Waals surface area (Å²) in [5.74, 6) is -1.61. The van der Waals surface area contributed by atoms with E-state index in [0.717, 1.165) is 50.7 Å². The fourth-order valence-electron chi connectivity index (χ4n) is 11.3. The maximum atomic E-state index is 13.6. The van der Waals surface area contributed by atoms with Crippen LogP contribution < -0.4 is 0 Å². The molecule has 5 aliphatic heterocycles. The van der Waals surface area contributed by atoms with Crippen LogP contribution in [0.1, 0.15) is 97.6 Å². The Hall–Kier alpha value is -10.9. The molecule has 94 heavy (non-hydrogen) atoms. The van der Waals surface area contributed by atoms with Crippen molar-refractivity contribution in [3.63, 3.8) is 0 Å². The lowest BCUT2D eigenvalue weighted by atomic mass is 10.0. The van der Waals surface area contributed by atoms with E-state index in [9.17, 15) is 31.7 Å². The Kier molecular flexibility index (Phi) is 19.1. The first-order chi connectivity index (χ1) is 45.7. The summed E-state index contributed by atoms with van der Waals surface area (Å²) >= 11 is 0. The van der Waals surface area contributed by atoms with Gasteiger partial charge in [0.25, 0.3) is 5.69 Å². The number of nitrogens with one attached hydrogen (secondary N) is 1. The number of nitro groups is 1. The molecule has 0 bridgehead atoms. The first-order valence-corrected chi connectivity index (χ1v) is 31.0. The van der Waals surface area contributed by atoms with Crippen molar-refractivity contribution in [1.82, 2.24) is 68.4 Å². The number of nitrogens with zero attached hydrogens (tertiary/aromatic N) is 16. The third-order valence-electron chi connectivity index (χ3n) is 16.2. The topological polar surface area (TPSA) is 315 Å². The molecular weight excluding hydrogens is 1240 g/mol. The number of aromatic amines is 1. The summed E-state index contributed by atoms with van der Waals surface area (Å²) < 4.78 is 101. The first kappa shape index (κ1) is 63.3.